The van der Waals surface area contributed by atoms with E-state index in [2.05, 4.69) is 0 Å². The SMILES string of the molecule is Cc1cc(Cl)ccc1OC(C)C(=O)O.Cc1cc(Cl)ccc1OCC(=O)O. The number of ether oxygens (including phenoxy) is 2. The third-order valence-electron chi connectivity index (χ3n) is 3.28. The number of aryl methyl sites for hydroxylation is 2. The van der Waals surface area contributed by atoms with Crippen LogP contribution in [0.5, 0.6) is 11.5 Å². The van der Waals surface area contributed by atoms with Crippen LogP contribution in [0.4, 0.5) is 0 Å². The molecule has 0 spiro atoms. The Morgan fingerprint density at radius 2 is 1.44 bits per heavy atom. The molecule has 0 aromatic heterocycles. The van der Waals surface area contributed by atoms with Gasteiger partial charge in [-0.1, -0.05) is 23.2 Å². The van der Waals surface area contributed by atoms with Crippen molar-refractivity contribution in [3.63, 3.8) is 0 Å². The van der Waals surface area contributed by atoms with Gasteiger partial charge >= 0.3 is 11.9 Å². The molecule has 1 atom stereocenters. The summed E-state index contributed by atoms with van der Waals surface area (Å²) in [6, 6.07) is 10.1. The minimum absolute atomic E-state index is 0.331. The number of carbonyl (C=O) groups is 2. The summed E-state index contributed by atoms with van der Waals surface area (Å²) in [5, 5.41) is 18.2. The van der Waals surface area contributed by atoms with Gasteiger partial charge in [0, 0.05) is 10.0 Å². The second kappa shape index (κ2) is 10.6. The van der Waals surface area contributed by atoms with Gasteiger partial charge in [-0.3, -0.25) is 0 Å². The van der Waals surface area contributed by atoms with E-state index in [0.717, 1.165) is 11.1 Å². The zero-order chi connectivity index (χ0) is 20.6. The predicted molar refractivity (Wildman–Crippen MR) is 103 cm³/mol. The molecule has 2 N–H and O–H groups in total. The first-order valence-corrected chi connectivity index (χ1v) is 8.62. The van der Waals surface area contributed by atoms with Crippen molar-refractivity contribution in [2.45, 2.75) is 26.9 Å². The summed E-state index contributed by atoms with van der Waals surface area (Å²) in [6.45, 7) is 4.78. The smallest absolute Gasteiger partial charge is 0.344 e. The summed E-state index contributed by atoms with van der Waals surface area (Å²) in [6.07, 6.45) is -0.852. The van der Waals surface area contributed by atoms with Crippen LogP contribution in [0.2, 0.25) is 10.0 Å². The molecule has 0 bridgehead atoms. The summed E-state index contributed by atoms with van der Waals surface area (Å²) in [5.41, 5.74) is 1.65. The van der Waals surface area contributed by atoms with E-state index in [-0.39, 0.29) is 6.61 Å². The van der Waals surface area contributed by atoms with Crippen molar-refractivity contribution in [3.05, 3.63) is 57.6 Å². The fraction of sp³-hybridized carbons (Fsp3) is 0.263. The van der Waals surface area contributed by atoms with Gasteiger partial charge in [0.2, 0.25) is 0 Å². The molecule has 146 valence electrons. The van der Waals surface area contributed by atoms with E-state index in [4.69, 9.17) is 42.9 Å². The molecule has 2 aromatic rings. The number of rotatable bonds is 6. The molecular weight excluding hydrogens is 395 g/mol. The van der Waals surface area contributed by atoms with E-state index >= 15 is 0 Å². The average molecular weight is 415 g/mol. The van der Waals surface area contributed by atoms with Gasteiger partial charge in [0.25, 0.3) is 0 Å². The van der Waals surface area contributed by atoms with Gasteiger partial charge in [0.1, 0.15) is 11.5 Å². The number of aliphatic carboxylic acids is 2. The molecule has 0 saturated carbocycles. The first-order chi connectivity index (χ1) is 12.6. The zero-order valence-electron chi connectivity index (χ0n) is 15.0. The maximum atomic E-state index is 10.5. The summed E-state index contributed by atoms with van der Waals surface area (Å²) in [7, 11) is 0. The molecule has 6 nitrogen and oxygen atoms in total. The topological polar surface area (TPSA) is 93.1 Å². The van der Waals surface area contributed by atoms with Crippen LogP contribution in [0.15, 0.2) is 36.4 Å². The molecule has 27 heavy (non-hydrogen) atoms. The van der Waals surface area contributed by atoms with Crippen molar-refractivity contribution < 1.29 is 29.3 Å². The standard InChI is InChI=1S/C10H11ClO3.C9H9ClO3/c1-6-5-8(11)3-4-9(6)14-7(2)10(12)13;1-6-4-7(10)2-3-8(6)13-5-9(11)12/h3-5,7H,1-2H3,(H,12,13);2-4H,5H2,1H3,(H,11,12). The number of halogens is 2. The highest BCUT2D eigenvalue weighted by Gasteiger charge is 2.13. The van der Waals surface area contributed by atoms with Crippen LogP contribution in [0, 0.1) is 13.8 Å². The Morgan fingerprint density at radius 1 is 0.963 bits per heavy atom. The number of hydrogen-bond acceptors (Lipinski definition) is 4. The van der Waals surface area contributed by atoms with E-state index < -0.39 is 18.0 Å². The second-order valence-corrected chi connectivity index (χ2v) is 6.47. The Hall–Kier alpha value is -2.44. The molecule has 0 amide bonds. The lowest BCUT2D eigenvalue weighted by Crippen LogP contribution is -2.23. The van der Waals surface area contributed by atoms with Crippen LogP contribution in [0.3, 0.4) is 0 Å². The molecule has 0 heterocycles. The lowest BCUT2D eigenvalue weighted by atomic mass is 10.2. The molecule has 2 rings (SSSR count). The highest BCUT2D eigenvalue weighted by molar-refractivity contribution is 6.31. The summed E-state index contributed by atoms with van der Waals surface area (Å²) < 4.78 is 10.2. The number of carboxylic acid groups (broad SMARTS) is 2. The molecular formula is C19H20Cl2O6. The highest BCUT2D eigenvalue weighted by Crippen LogP contribution is 2.23. The maximum absolute atomic E-state index is 10.5. The third kappa shape index (κ3) is 8.19. The lowest BCUT2D eigenvalue weighted by molar-refractivity contribution is -0.144. The van der Waals surface area contributed by atoms with Gasteiger partial charge in [0.15, 0.2) is 12.7 Å². The maximum Gasteiger partial charge on any atom is 0.344 e. The third-order valence-corrected chi connectivity index (χ3v) is 3.75. The van der Waals surface area contributed by atoms with Crippen molar-refractivity contribution in [1.29, 1.82) is 0 Å². The fourth-order valence-corrected chi connectivity index (χ4v) is 2.35. The van der Waals surface area contributed by atoms with Gasteiger partial charge in [-0.25, -0.2) is 9.59 Å². The molecule has 0 aliphatic rings. The van der Waals surface area contributed by atoms with Crippen molar-refractivity contribution in [2.75, 3.05) is 6.61 Å². The monoisotopic (exact) mass is 414 g/mol. The van der Waals surface area contributed by atoms with E-state index in [9.17, 15) is 9.59 Å². The molecule has 2 aromatic carbocycles. The molecule has 0 saturated heterocycles. The van der Waals surface area contributed by atoms with Crippen molar-refractivity contribution >= 4 is 35.1 Å². The summed E-state index contributed by atoms with van der Waals surface area (Å²) >= 11 is 11.5. The van der Waals surface area contributed by atoms with Crippen LogP contribution in [-0.2, 0) is 9.59 Å². The number of carboxylic acids is 2. The van der Waals surface area contributed by atoms with Gasteiger partial charge in [-0.2, -0.15) is 0 Å². The van der Waals surface area contributed by atoms with E-state index in [1.165, 1.54) is 6.92 Å². The molecule has 0 fully saturated rings. The van der Waals surface area contributed by atoms with Crippen LogP contribution >= 0.6 is 23.2 Å². The van der Waals surface area contributed by atoms with Gasteiger partial charge < -0.3 is 19.7 Å². The van der Waals surface area contributed by atoms with Crippen molar-refractivity contribution in [2.24, 2.45) is 0 Å². The van der Waals surface area contributed by atoms with Crippen LogP contribution in [0.25, 0.3) is 0 Å². The molecule has 8 heteroatoms. The largest absolute Gasteiger partial charge is 0.482 e. The van der Waals surface area contributed by atoms with Gasteiger partial charge in [-0.05, 0) is 68.3 Å². The normalized spacial score (nSPS) is 11.0. The Balaban J connectivity index is 0.000000271. The Labute approximate surface area is 167 Å². The van der Waals surface area contributed by atoms with E-state index in [1.807, 2.05) is 13.8 Å². The van der Waals surface area contributed by atoms with Gasteiger partial charge in [0.05, 0.1) is 0 Å². The number of hydrogen-bond donors (Lipinski definition) is 2. The molecule has 0 aliphatic carbocycles. The Bertz CT molecular complexity index is 807. The predicted octanol–water partition coefficient (Wildman–Crippen LogP) is 4.61. The molecule has 1 unspecified atom stereocenters. The Kier molecular flexibility index (Phi) is 8.91. The quantitative estimate of drug-likeness (QED) is 0.716. The Morgan fingerprint density at radius 3 is 1.85 bits per heavy atom. The van der Waals surface area contributed by atoms with Crippen LogP contribution in [-0.4, -0.2) is 34.9 Å². The minimum atomic E-state index is -0.991. The van der Waals surface area contributed by atoms with Crippen LogP contribution < -0.4 is 9.47 Å². The first-order valence-electron chi connectivity index (χ1n) is 7.86. The van der Waals surface area contributed by atoms with E-state index in [1.54, 1.807) is 36.4 Å². The van der Waals surface area contributed by atoms with Gasteiger partial charge in [-0.15, -0.1) is 0 Å². The van der Waals surface area contributed by atoms with Crippen molar-refractivity contribution in [3.8, 4) is 11.5 Å². The number of benzene rings is 2. The summed E-state index contributed by atoms with van der Waals surface area (Å²) in [5.74, 6) is -0.884. The van der Waals surface area contributed by atoms with Crippen molar-refractivity contribution in [1.82, 2.24) is 0 Å². The average Bonchev–Trinajstić information content (AvgIpc) is 2.57. The highest BCUT2D eigenvalue weighted by atomic mass is 35.5. The summed E-state index contributed by atoms with van der Waals surface area (Å²) in [4.78, 5) is 20.7. The molecule has 0 radical (unpaired) electrons. The minimum Gasteiger partial charge on any atom is -0.482 e. The fourth-order valence-electron chi connectivity index (χ4n) is 1.90. The lowest BCUT2D eigenvalue weighted by Gasteiger charge is -2.12. The second-order valence-electron chi connectivity index (χ2n) is 5.60. The first kappa shape index (κ1) is 22.6. The van der Waals surface area contributed by atoms with E-state index in [0.29, 0.717) is 21.5 Å². The zero-order valence-corrected chi connectivity index (χ0v) is 16.5. The van der Waals surface area contributed by atoms with Crippen LogP contribution in [0.1, 0.15) is 18.1 Å². The molecule has 0 aliphatic heterocycles.